The van der Waals surface area contributed by atoms with Crippen LogP contribution in [0.3, 0.4) is 0 Å². The molecule has 0 atom stereocenters. The lowest BCUT2D eigenvalue weighted by molar-refractivity contribution is 0.0197. The zero-order chi connectivity index (χ0) is 18.9. The van der Waals surface area contributed by atoms with Crippen molar-refractivity contribution >= 4 is 18.1 Å². The summed E-state index contributed by atoms with van der Waals surface area (Å²) in [5.41, 5.74) is 3.46. The Kier molecular flexibility index (Phi) is 5.08. The van der Waals surface area contributed by atoms with Gasteiger partial charge in [0.05, 0.1) is 5.56 Å². The van der Waals surface area contributed by atoms with Crippen LogP contribution < -0.4 is 0 Å². The van der Waals surface area contributed by atoms with E-state index in [0.717, 1.165) is 42.6 Å². The Bertz CT molecular complexity index is 737. The maximum Gasteiger partial charge on any atom is 0.410 e. The van der Waals surface area contributed by atoms with Crippen LogP contribution in [0.25, 0.3) is 6.08 Å². The first kappa shape index (κ1) is 18.5. The number of benzene rings is 1. The number of fused-ring (bicyclic) bond motifs is 1. The lowest BCUT2D eigenvalue weighted by atomic mass is 9.93. The molecule has 1 fully saturated rings. The predicted molar refractivity (Wildman–Crippen MR) is 99.9 cm³/mol. The number of nitrogens with zero attached hydrogens (tertiary/aromatic N) is 1. The zero-order valence-electron chi connectivity index (χ0n) is 16.0. The molecule has 5 nitrogen and oxygen atoms in total. The molecule has 0 bridgehead atoms. The smallest absolute Gasteiger partial charge is 0.410 e. The first-order valence-corrected chi connectivity index (χ1v) is 9.20. The average Bonchev–Trinajstić information content (AvgIpc) is 2.95. The van der Waals surface area contributed by atoms with Gasteiger partial charge >= 0.3 is 12.1 Å². The van der Waals surface area contributed by atoms with Crippen LogP contribution in [0.1, 0.15) is 60.7 Å². The van der Waals surface area contributed by atoms with Crippen LogP contribution in [-0.2, 0) is 16.1 Å². The van der Waals surface area contributed by atoms with Crippen LogP contribution in [0, 0.1) is 12.8 Å². The average molecular weight is 357 g/mol. The number of esters is 1. The van der Waals surface area contributed by atoms with Gasteiger partial charge in [-0.2, -0.15) is 0 Å². The Hall–Kier alpha value is -2.30. The Morgan fingerprint density at radius 3 is 2.62 bits per heavy atom. The summed E-state index contributed by atoms with van der Waals surface area (Å²) in [7, 11) is 0. The molecule has 0 saturated carbocycles. The minimum absolute atomic E-state index is 0.223. The van der Waals surface area contributed by atoms with E-state index in [1.54, 1.807) is 4.90 Å². The van der Waals surface area contributed by atoms with Crippen molar-refractivity contribution in [1.82, 2.24) is 4.90 Å². The van der Waals surface area contributed by atoms with Crippen LogP contribution in [0.15, 0.2) is 18.2 Å². The molecule has 0 aliphatic carbocycles. The van der Waals surface area contributed by atoms with E-state index in [1.807, 2.05) is 39.8 Å². The highest BCUT2D eigenvalue weighted by Gasteiger charge is 2.26. The molecule has 1 aromatic carbocycles. The van der Waals surface area contributed by atoms with Crippen LogP contribution in [0.2, 0.25) is 0 Å². The van der Waals surface area contributed by atoms with Crippen LogP contribution in [-0.4, -0.2) is 35.7 Å². The number of likely N-dealkylation sites (tertiary alicyclic amines) is 1. The fraction of sp³-hybridized carbons (Fsp3) is 0.524. The predicted octanol–water partition coefficient (Wildman–Crippen LogP) is 4.33. The van der Waals surface area contributed by atoms with Crippen molar-refractivity contribution in [2.75, 3.05) is 13.1 Å². The topological polar surface area (TPSA) is 55.8 Å². The summed E-state index contributed by atoms with van der Waals surface area (Å²) < 4.78 is 10.5. The van der Waals surface area contributed by atoms with Crippen molar-refractivity contribution in [1.29, 1.82) is 0 Å². The molecule has 26 heavy (non-hydrogen) atoms. The number of ether oxygens (including phenoxy) is 2. The quantitative estimate of drug-likeness (QED) is 0.740. The van der Waals surface area contributed by atoms with Gasteiger partial charge in [0, 0.05) is 18.7 Å². The molecule has 3 rings (SSSR count). The normalized spacial score (nSPS) is 18.2. The molecule has 1 aromatic rings. The molecule has 0 radical (unpaired) electrons. The van der Waals surface area contributed by atoms with Crippen molar-refractivity contribution in [3.63, 3.8) is 0 Å². The molecule has 0 N–H and O–H groups in total. The molecule has 2 aliphatic rings. The van der Waals surface area contributed by atoms with Gasteiger partial charge in [0.2, 0.25) is 0 Å². The minimum atomic E-state index is -0.454. The van der Waals surface area contributed by atoms with Gasteiger partial charge in [0.25, 0.3) is 0 Å². The number of carbonyl (C=O) groups excluding carboxylic acids is 2. The van der Waals surface area contributed by atoms with Gasteiger partial charge in [-0.3, -0.25) is 0 Å². The highest BCUT2D eigenvalue weighted by atomic mass is 16.6. The summed E-state index contributed by atoms with van der Waals surface area (Å²) >= 11 is 0. The van der Waals surface area contributed by atoms with E-state index in [1.165, 1.54) is 0 Å². The van der Waals surface area contributed by atoms with Gasteiger partial charge in [0.15, 0.2) is 0 Å². The van der Waals surface area contributed by atoms with Crippen LogP contribution in [0.5, 0.6) is 0 Å². The van der Waals surface area contributed by atoms with Gasteiger partial charge in [-0.25, -0.2) is 9.59 Å². The SMILES string of the molecule is Cc1c(C=CC2CCN(C(=O)OC(C)(C)C)CC2)ccc2c1COC2=O. The number of carbonyl (C=O) groups is 2. The van der Waals surface area contributed by atoms with Crippen molar-refractivity contribution < 1.29 is 19.1 Å². The number of hydrogen-bond donors (Lipinski definition) is 0. The fourth-order valence-corrected chi connectivity index (χ4v) is 3.39. The lowest BCUT2D eigenvalue weighted by Gasteiger charge is -2.32. The van der Waals surface area contributed by atoms with Gasteiger partial charge in [-0.05, 0) is 63.6 Å². The first-order valence-electron chi connectivity index (χ1n) is 9.20. The molecule has 0 unspecified atom stereocenters. The summed E-state index contributed by atoms with van der Waals surface area (Å²) in [5, 5.41) is 0. The summed E-state index contributed by atoms with van der Waals surface area (Å²) in [5.74, 6) is 0.215. The van der Waals surface area contributed by atoms with Gasteiger partial charge < -0.3 is 14.4 Å². The van der Waals surface area contributed by atoms with E-state index in [-0.39, 0.29) is 12.1 Å². The number of amides is 1. The van der Waals surface area contributed by atoms with E-state index >= 15 is 0 Å². The Labute approximate surface area is 155 Å². The second-order valence-electron chi connectivity index (χ2n) is 8.05. The van der Waals surface area contributed by atoms with Crippen molar-refractivity contribution in [3.8, 4) is 0 Å². The molecule has 5 heteroatoms. The number of piperidine rings is 1. The van der Waals surface area contributed by atoms with Crippen LogP contribution >= 0.6 is 0 Å². The minimum Gasteiger partial charge on any atom is -0.457 e. The highest BCUT2D eigenvalue weighted by molar-refractivity contribution is 5.94. The fourth-order valence-electron chi connectivity index (χ4n) is 3.39. The molecule has 1 amide bonds. The van der Waals surface area contributed by atoms with E-state index in [4.69, 9.17) is 9.47 Å². The standard InChI is InChI=1S/C21H27NO4/c1-14-16(7-8-17-18(14)13-25-19(17)23)6-5-15-9-11-22(12-10-15)20(24)26-21(2,3)4/h5-8,15H,9-13H2,1-4H3. The summed E-state index contributed by atoms with van der Waals surface area (Å²) in [6.07, 6.45) is 5.99. The van der Waals surface area contributed by atoms with Crippen molar-refractivity contribution in [3.05, 3.63) is 40.5 Å². The number of rotatable bonds is 2. The molecule has 2 aliphatic heterocycles. The molecule has 140 valence electrons. The number of cyclic esters (lactones) is 1. The molecular formula is C21H27NO4. The lowest BCUT2D eigenvalue weighted by Crippen LogP contribution is -2.41. The maximum absolute atomic E-state index is 12.1. The molecule has 0 spiro atoms. The van der Waals surface area contributed by atoms with Gasteiger partial charge in [-0.15, -0.1) is 0 Å². The second kappa shape index (κ2) is 7.14. The molecule has 2 heterocycles. The summed E-state index contributed by atoms with van der Waals surface area (Å²) in [4.78, 5) is 25.5. The third kappa shape index (κ3) is 4.09. The summed E-state index contributed by atoms with van der Waals surface area (Å²) in [6.45, 7) is 9.50. The first-order chi connectivity index (χ1) is 12.2. The Balaban J connectivity index is 1.58. The third-order valence-corrected chi connectivity index (χ3v) is 4.95. The monoisotopic (exact) mass is 357 g/mol. The third-order valence-electron chi connectivity index (χ3n) is 4.95. The van der Waals surface area contributed by atoms with E-state index in [9.17, 15) is 9.59 Å². The zero-order valence-corrected chi connectivity index (χ0v) is 16.0. The van der Waals surface area contributed by atoms with Crippen molar-refractivity contribution in [2.24, 2.45) is 5.92 Å². The van der Waals surface area contributed by atoms with E-state index in [2.05, 4.69) is 12.2 Å². The number of allylic oxidation sites excluding steroid dienone is 1. The Morgan fingerprint density at radius 1 is 1.27 bits per heavy atom. The van der Waals surface area contributed by atoms with Crippen molar-refractivity contribution in [2.45, 2.75) is 52.7 Å². The van der Waals surface area contributed by atoms with E-state index in [0.29, 0.717) is 18.1 Å². The molecule has 0 aromatic heterocycles. The maximum atomic E-state index is 12.1. The highest BCUT2D eigenvalue weighted by Crippen LogP contribution is 2.28. The van der Waals surface area contributed by atoms with Crippen LogP contribution in [0.4, 0.5) is 4.79 Å². The second-order valence-corrected chi connectivity index (χ2v) is 8.05. The van der Waals surface area contributed by atoms with E-state index < -0.39 is 5.60 Å². The molecular weight excluding hydrogens is 330 g/mol. The Morgan fingerprint density at radius 2 is 1.96 bits per heavy atom. The largest absolute Gasteiger partial charge is 0.457 e. The summed E-state index contributed by atoms with van der Waals surface area (Å²) in [6, 6.07) is 3.83. The van der Waals surface area contributed by atoms with Gasteiger partial charge in [0.1, 0.15) is 12.2 Å². The van der Waals surface area contributed by atoms with Gasteiger partial charge in [-0.1, -0.05) is 18.2 Å². The number of hydrogen-bond acceptors (Lipinski definition) is 4. The molecule has 1 saturated heterocycles.